The lowest BCUT2D eigenvalue weighted by atomic mass is 10.0. The molecule has 0 aromatic heterocycles. The number of aliphatic hydroxyl groups excluding tert-OH is 1. The van der Waals surface area contributed by atoms with Crippen LogP contribution in [-0.2, 0) is 4.79 Å². The van der Waals surface area contributed by atoms with Gasteiger partial charge in [0.05, 0.1) is 6.54 Å². The van der Waals surface area contributed by atoms with E-state index in [1.165, 1.54) is 6.42 Å². The van der Waals surface area contributed by atoms with Crippen molar-refractivity contribution in [2.45, 2.75) is 32.6 Å². The molecule has 0 aliphatic carbocycles. The number of carbonyl (C=O) groups excluding carboxylic acids is 1. The van der Waals surface area contributed by atoms with Crippen molar-refractivity contribution in [1.29, 1.82) is 0 Å². The largest absolute Gasteiger partial charge is 0.396 e. The predicted octanol–water partition coefficient (Wildman–Crippen LogP) is 0.949. The molecule has 2 fully saturated rings. The zero-order chi connectivity index (χ0) is 13.0. The molecule has 2 unspecified atom stereocenters. The molecule has 2 aliphatic heterocycles. The lowest BCUT2D eigenvalue weighted by Gasteiger charge is -2.32. The van der Waals surface area contributed by atoms with E-state index in [2.05, 4.69) is 11.8 Å². The van der Waals surface area contributed by atoms with E-state index >= 15 is 0 Å². The molecule has 2 rings (SSSR count). The van der Waals surface area contributed by atoms with Crippen molar-refractivity contribution in [3.8, 4) is 0 Å². The summed E-state index contributed by atoms with van der Waals surface area (Å²) in [6, 6.07) is 0. The molecule has 2 atom stereocenters. The van der Waals surface area contributed by atoms with Crippen LogP contribution in [0.1, 0.15) is 32.6 Å². The van der Waals surface area contributed by atoms with E-state index in [4.69, 9.17) is 5.11 Å². The number of amides is 1. The SMILES string of the molecule is CC1CCCN(C(=O)CN2CCC(CCO)C2)C1. The lowest BCUT2D eigenvalue weighted by molar-refractivity contribution is -0.133. The Labute approximate surface area is 110 Å². The second kappa shape index (κ2) is 6.53. The van der Waals surface area contributed by atoms with Crippen LogP contribution in [0.3, 0.4) is 0 Å². The van der Waals surface area contributed by atoms with Crippen LogP contribution < -0.4 is 0 Å². The first-order valence-corrected chi connectivity index (χ1v) is 7.30. The minimum absolute atomic E-state index is 0.274. The quantitative estimate of drug-likeness (QED) is 0.812. The molecule has 1 N–H and O–H groups in total. The average molecular weight is 254 g/mol. The fourth-order valence-electron chi connectivity index (χ4n) is 3.18. The highest BCUT2D eigenvalue weighted by Gasteiger charge is 2.27. The van der Waals surface area contributed by atoms with Crippen molar-refractivity contribution in [3.05, 3.63) is 0 Å². The fraction of sp³-hybridized carbons (Fsp3) is 0.929. The molecule has 1 amide bonds. The minimum atomic E-state index is 0.274. The van der Waals surface area contributed by atoms with Gasteiger partial charge in [0.15, 0.2) is 0 Å². The number of hydrogen-bond acceptors (Lipinski definition) is 3. The lowest BCUT2D eigenvalue weighted by Crippen LogP contribution is -2.44. The topological polar surface area (TPSA) is 43.8 Å². The Balaban J connectivity index is 1.74. The standard InChI is InChI=1S/C14H26N2O2/c1-12-3-2-6-16(9-12)14(18)11-15-7-4-13(10-15)5-8-17/h12-13,17H,2-11H2,1H3. The van der Waals surface area contributed by atoms with E-state index in [-0.39, 0.29) is 6.61 Å². The van der Waals surface area contributed by atoms with Crippen LogP contribution in [0.5, 0.6) is 0 Å². The van der Waals surface area contributed by atoms with Crippen molar-refractivity contribution in [1.82, 2.24) is 9.80 Å². The molecule has 4 nitrogen and oxygen atoms in total. The second-order valence-electron chi connectivity index (χ2n) is 5.99. The van der Waals surface area contributed by atoms with Crippen LogP contribution in [0.4, 0.5) is 0 Å². The zero-order valence-corrected chi connectivity index (χ0v) is 11.5. The molecular formula is C14H26N2O2. The number of rotatable bonds is 4. The molecular weight excluding hydrogens is 228 g/mol. The highest BCUT2D eigenvalue weighted by molar-refractivity contribution is 5.78. The number of piperidine rings is 1. The Bertz CT molecular complexity index is 283. The second-order valence-corrected chi connectivity index (χ2v) is 5.99. The summed E-state index contributed by atoms with van der Waals surface area (Å²) in [5.74, 6) is 1.54. The number of hydrogen-bond donors (Lipinski definition) is 1. The van der Waals surface area contributed by atoms with Crippen molar-refractivity contribution in [2.75, 3.05) is 39.3 Å². The average Bonchev–Trinajstić information content (AvgIpc) is 2.77. The van der Waals surface area contributed by atoms with Crippen LogP contribution in [0.15, 0.2) is 0 Å². The first-order chi connectivity index (χ1) is 8.69. The number of aliphatic hydroxyl groups is 1. The van der Waals surface area contributed by atoms with Gasteiger partial charge < -0.3 is 10.0 Å². The third-order valence-electron chi connectivity index (χ3n) is 4.28. The van der Waals surface area contributed by atoms with Gasteiger partial charge in [-0.25, -0.2) is 0 Å². The molecule has 2 aliphatic rings. The van der Waals surface area contributed by atoms with Crippen molar-refractivity contribution in [2.24, 2.45) is 11.8 Å². The minimum Gasteiger partial charge on any atom is -0.396 e. The molecule has 2 saturated heterocycles. The number of nitrogens with zero attached hydrogens (tertiary/aromatic N) is 2. The van der Waals surface area contributed by atoms with Crippen molar-refractivity contribution < 1.29 is 9.90 Å². The molecule has 2 heterocycles. The molecule has 0 bridgehead atoms. The van der Waals surface area contributed by atoms with Crippen molar-refractivity contribution >= 4 is 5.91 Å². The van der Waals surface area contributed by atoms with Gasteiger partial charge in [-0.2, -0.15) is 0 Å². The van der Waals surface area contributed by atoms with Gasteiger partial charge in [-0.15, -0.1) is 0 Å². The first kappa shape index (κ1) is 13.8. The molecule has 0 aromatic carbocycles. The molecule has 0 saturated carbocycles. The molecule has 0 spiro atoms. The van der Waals surface area contributed by atoms with Gasteiger partial charge in [-0.1, -0.05) is 6.92 Å². The first-order valence-electron chi connectivity index (χ1n) is 7.30. The molecule has 4 heteroatoms. The summed E-state index contributed by atoms with van der Waals surface area (Å²) < 4.78 is 0. The van der Waals surface area contributed by atoms with Gasteiger partial charge in [0.1, 0.15) is 0 Å². The smallest absolute Gasteiger partial charge is 0.236 e. The van der Waals surface area contributed by atoms with Crippen LogP contribution in [0.2, 0.25) is 0 Å². The Morgan fingerprint density at radius 2 is 2.11 bits per heavy atom. The van der Waals surface area contributed by atoms with Crippen LogP contribution in [0.25, 0.3) is 0 Å². The summed E-state index contributed by atoms with van der Waals surface area (Å²) in [7, 11) is 0. The molecule has 18 heavy (non-hydrogen) atoms. The summed E-state index contributed by atoms with van der Waals surface area (Å²) >= 11 is 0. The highest BCUT2D eigenvalue weighted by atomic mass is 16.3. The summed E-state index contributed by atoms with van der Waals surface area (Å²) in [6.07, 6.45) is 4.42. The summed E-state index contributed by atoms with van der Waals surface area (Å²) in [4.78, 5) is 16.5. The van der Waals surface area contributed by atoms with E-state index in [0.717, 1.165) is 45.4 Å². The summed E-state index contributed by atoms with van der Waals surface area (Å²) in [5.41, 5.74) is 0. The highest BCUT2D eigenvalue weighted by Crippen LogP contribution is 2.20. The normalized spacial score (nSPS) is 29.8. The third kappa shape index (κ3) is 3.69. The summed E-state index contributed by atoms with van der Waals surface area (Å²) in [5, 5.41) is 8.93. The monoisotopic (exact) mass is 254 g/mol. The Morgan fingerprint density at radius 3 is 2.83 bits per heavy atom. The van der Waals surface area contributed by atoms with Gasteiger partial charge >= 0.3 is 0 Å². The van der Waals surface area contributed by atoms with Gasteiger partial charge in [0, 0.05) is 26.2 Å². The van der Waals surface area contributed by atoms with E-state index in [0.29, 0.717) is 24.3 Å². The Hall–Kier alpha value is -0.610. The van der Waals surface area contributed by atoms with Crippen molar-refractivity contribution in [3.63, 3.8) is 0 Å². The van der Waals surface area contributed by atoms with Gasteiger partial charge in [0.2, 0.25) is 5.91 Å². The summed E-state index contributed by atoms with van der Waals surface area (Å²) in [6.45, 7) is 6.95. The maximum atomic E-state index is 12.2. The molecule has 0 radical (unpaired) electrons. The predicted molar refractivity (Wildman–Crippen MR) is 71.2 cm³/mol. The van der Waals surface area contributed by atoms with Crippen LogP contribution in [0, 0.1) is 11.8 Å². The molecule has 0 aromatic rings. The van der Waals surface area contributed by atoms with E-state index in [9.17, 15) is 4.79 Å². The van der Waals surface area contributed by atoms with Crippen LogP contribution >= 0.6 is 0 Å². The van der Waals surface area contributed by atoms with Gasteiger partial charge in [-0.05, 0) is 44.1 Å². The van der Waals surface area contributed by atoms with Gasteiger partial charge in [-0.3, -0.25) is 9.69 Å². The fourth-order valence-corrected chi connectivity index (χ4v) is 3.18. The van der Waals surface area contributed by atoms with Crippen LogP contribution in [-0.4, -0.2) is 60.1 Å². The van der Waals surface area contributed by atoms with E-state index < -0.39 is 0 Å². The maximum absolute atomic E-state index is 12.2. The third-order valence-corrected chi connectivity index (χ3v) is 4.28. The number of carbonyl (C=O) groups is 1. The number of likely N-dealkylation sites (tertiary alicyclic amines) is 2. The molecule has 104 valence electrons. The van der Waals surface area contributed by atoms with Gasteiger partial charge in [0.25, 0.3) is 0 Å². The Morgan fingerprint density at radius 1 is 1.28 bits per heavy atom. The zero-order valence-electron chi connectivity index (χ0n) is 11.5. The van der Waals surface area contributed by atoms with E-state index in [1.807, 2.05) is 4.90 Å². The Kier molecular flexibility index (Phi) is 5.01. The maximum Gasteiger partial charge on any atom is 0.236 e. The van der Waals surface area contributed by atoms with E-state index in [1.54, 1.807) is 0 Å².